The van der Waals surface area contributed by atoms with Crippen LogP contribution in [-0.2, 0) is 0 Å². The maximum absolute atomic E-state index is 4.74. The molecule has 1 aliphatic heterocycles. The molecular formula is C16H16N2S. The molecule has 0 radical (unpaired) electrons. The molecule has 3 heteroatoms. The van der Waals surface area contributed by atoms with Crippen LogP contribution in [0.5, 0.6) is 0 Å². The highest BCUT2D eigenvalue weighted by Gasteiger charge is 2.25. The highest BCUT2D eigenvalue weighted by Crippen LogP contribution is 2.36. The molecule has 0 aromatic heterocycles. The number of rotatable bonds is 2. The molecular weight excluding hydrogens is 252 g/mol. The van der Waals surface area contributed by atoms with E-state index in [0.717, 1.165) is 11.6 Å². The Labute approximate surface area is 118 Å². The first-order valence-corrected chi connectivity index (χ1v) is 7.41. The summed E-state index contributed by atoms with van der Waals surface area (Å²) in [6.45, 7) is 0. The summed E-state index contributed by atoms with van der Waals surface area (Å²) in [4.78, 5) is 0. The van der Waals surface area contributed by atoms with Gasteiger partial charge in [-0.25, -0.2) is 0 Å². The smallest absolute Gasteiger partial charge is 0.0852 e. The molecule has 0 saturated heterocycles. The zero-order chi connectivity index (χ0) is 13.1. The molecule has 1 atom stereocenters. The Bertz CT molecular complexity index is 566. The van der Waals surface area contributed by atoms with Crippen LogP contribution in [0.2, 0.25) is 0 Å². The number of nitrogens with zero attached hydrogens (tertiary/aromatic N) is 2. The molecule has 2 aromatic carbocycles. The summed E-state index contributed by atoms with van der Waals surface area (Å²) in [6, 6.07) is 21.1. The molecule has 96 valence electrons. The van der Waals surface area contributed by atoms with Crippen molar-refractivity contribution in [3.8, 4) is 0 Å². The van der Waals surface area contributed by atoms with Crippen molar-refractivity contribution in [2.75, 3.05) is 12.9 Å². The Hall–Kier alpha value is -1.74. The summed E-state index contributed by atoms with van der Waals surface area (Å²) in [6.07, 6.45) is 0. The highest BCUT2D eigenvalue weighted by molar-refractivity contribution is 8.00. The molecule has 1 heterocycles. The fourth-order valence-electron chi connectivity index (χ4n) is 2.23. The van der Waals surface area contributed by atoms with E-state index in [2.05, 4.69) is 54.6 Å². The van der Waals surface area contributed by atoms with E-state index in [9.17, 15) is 0 Å². The number of hydrogen-bond donors (Lipinski definition) is 0. The van der Waals surface area contributed by atoms with Crippen molar-refractivity contribution in [1.82, 2.24) is 5.01 Å². The van der Waals surface area contributed by atoms with Crippen molar-refractivity contribution < 1.29 is 0 Å². The molecule has 0 saturated carbocycles. The van der Waals surface area contributed by atoms with Crippen molar-refractivity contribution in [2.45, 2.75) is 5.25 Å². The van der Waals surface area contributed by atoms with Gasteiger partial charge in [-0.15, -0.1) is 11.8 Å². The van der Waals surface area contributed by atoms with Crippen LogP contribution < -0.4 is 0 Å². The Morgan fingerprint density at radius 3 is 2.32 bits per heavy atom. The molecule has 1 unspecified atom stereocenters. The first kappa shape index (κ1) is 12.3. The van der Waals surface area contributed by atoms with Gasteiger partial charge in [-0.1, -0.05) is 60.7 Å². The minimum absolute atomic E-state index is 0.319. The fourth-order valence-corrected chi connectivity index (χ4v) is 3.34. The third-order valence-corrected chi connectivity index (χ3v) is 4.48. The quantitative estimate of drug-likeness (QED) is 0.824. The Morgan fingerprint density at radius 1 is 1.00 bits per heavy atom. The van der Waals surface area contributed by atoms with Crippen LogP contribution in [-0.4, -0.2) is 23.6 Å². The zero-order valence-corrected chi connectivity index (χ0v) is 11.7. The Morgan fingerprint density at radius 2 is 1.63 bits per heavy atom. The number of hydrazone groups is 1. The third-order valence-electron chi connectivity index (χ3n) is 3.13. The van der Waals surface area contributed by atoms with Crippen molar-refractivity contribution in [3.05, 3.63) is 71.8 Å². The van der Waals surface area contributed by atoms with Crippen molar-refractivity contribution in [2.24, 2.45) is 5.10 Å². The standard InChI is InChI=1S/C16H16N2S/c1-18-12-19-16(14-10-6-3-7-11-14)15(17-18)13-8-4-2-5-9-13/h2-11,16H,12H2,1H3. The van der Waals surface area contributed by atoms with Gasteiger partial charge >= 0.3 is 0 Å². The van der Waals surface area contributed by atoms with Gasteiger partial charge in [-0.3, -0.25) is 5.01 Å². The normalized spacial score (nSPS) is 19.1. The monoisotopic (exact) mass is 268 g/mol. The lowest BCUT2D eigenvalue weighted by Crippen LogP contribution is -2.25. The van der Waals surface area contributed by atoms with E-state index < -0.39 is 0 Å². The third kappa shape index (κ3) is 2.66. The van der Waals surface area contributed by atoms with Crippen LogP contribution in [0.4, 0.5) is 0 Å². The van der Waals surface area contributed by atoms with E-state index in [0.29, 0.717) is 5.25 Å². The molecule has 0 amide bonds. The van der Waals surface area contributed by atoms with Gasteiger partial charge in [0.05, 0.1) is 16.8 Å². The molecule has 0 spiro atoms. The van der Waals surface area contributed by atoms with Gasteiger partial charge in [0.1, 0.15) is 0 Å². The van der Waals surface area contributed by atoms with E-state index in [4.69, 9.17) is 5.10 Å². The second kappa shape index (κ2) is 5.49. The lowest BCUT2D eigenvalue weighted by atomic mass is 10.0. The maximum Gasteiger partial charge on any atom is 0.0852 e. The van der Waals surface area contributed by atoms with Crippen molar-refractivity contribution in [1.29, 1.82) is 0 Å². The van der Waals surface area contributed by atoms with Gasteiger partial charge in [0, 0.05) is 7.05 Å². The lowest BCUT2D eigenvalue weighted by Gasteiger charge is -2.28. The Balaban J connectivity index is 2.02. The summed E-state index contributed by atoms with van der Waals surface area (Å²) in [5, 5.41) is 7.07. The molecule has 0 bridgehead atoms. The Kier molecular flexibility index (Phi) is 3.56. The van der Waals surface area contributed by atoms with Gasteiger partial charge in [-0.2, -0.15) is 5.10 Å². The molecule has 2 nitrogen and oxygen atoms in total. The second-order valence-corrected chi connectivity index (χ2v) is 5.66. The fraction of sp³-hybridized carbons (Fsp3) is 0.188. The van der Waals surface area contributed by atoms with Crippen molar-refractivity contribution in [3.63, 3.8) is 0 Å². The van der Waals surface area contributed by atoms with Gasteiger partial charge in [0.15, 0.2) is 0 Å². The minimum atomic E-state index is 0.319. The molecule has 1 aliphatic rings. The number of thioether (sulfide) groups is 1. The van der Waals surface area contributed by atoms with Crippen LogP contribution in [0.3, 0.4) is 0 Å². The van der Waals surface area contributed by atoms with Crippen LogP contribution >= 0.6 is 11.8 Å². The van der Waals surface area contributed by atoms with Crippen LogP contribution in [0.15, 0.2) is 65.8 Å². The predicted octanol–water partition coefficient (Wildman–Crippen LogP) is 3.77. The molecule has 19 heavy (non-hydrogen) atoms. The van der Waals surface area contributed by atoms with Crippen LogP contribution in [0.1, 0.15) is 16.4 Å². The van der Waals surface area contributed by atoms with E-state index in [1.165, 1.54) is 11.1 Å². The average molecular weight is 268 g/mol. The van der Waals surface area contributed by atoms with E-state index >= 15 is 0 Å². The highest BCUT2D eigenvalue weighted by atomic mass is 32.2. The second-order valence-electron chi connectivity index (χ2n) is 4.60. The van der Waals surface area contributed by atoms with E-state index in [1.807, 2.05) is 29.9 Å². The SMILES string of the molecule is CN1CSC(c2ccccc2)C(c2ccccc2)=N1. The first-order chi connectivity index (χ1) is 9.34. The molecule has 0 N–H and O–H groups in total. The van der Waals surface area contributed by atoms with Gasteiger partial charge in [-0.05, 0) is 11.1 Å². The maximum atomic E-state index is 4.74. The van der Waals surface area contributed by atoms with Gasteiger partial charge in [0.2, 0.25) is 0 Å². The molecule has 0 fully saturated rings. The van der Waals surface area contributed by atoms with Crippen LogP contribution in [0, 0.1) is 0 Å². The van der Waals surface area contributed by atoms with E-state index in [-0.39, 0.29) is 0 Å². The number of hydrogen-bond acceptors (Lipinski definition) is 3. The average Bonchev–Trinajstić information content (AvgIpc) is 2.49. The van der Waals surface area contributed by atoms with Crippen molar-refractivity contribution >= 4 is 17.5 Å². The van der Waals surface area contributed by atoms with Crippen LogP contribution in [0.25, 0.3) is 0 Å². The summed E-state index contributed by atoms with van der Waals surface area (Å²) in [5.74, 6) is 0.926. The summed E-state index contributed by atoms with van der Waals surface area (Å²) in [5.41, 5.74) is 3.67. The largest absolute Gasteiger partial charge is 0.290 e. The predicted molar refractivity (Wildman–Crippen MR) is 82.4 cm³/mol. The minimum Gasteiger partial charge on any atom is -0.290 e. The summed E-state index contributed by atoms with van der Waals surface area (Å²) < 4.78 is 0. The molecule has 3 rings (SSSR count). The summed E-state index contributed by atoms with van der Waals surface area (Å²) in [7, 11) is 2.02. The first-order valence-electron chi connectivity index (χ1n) is 6.36. The summed E-state index contributed by atoms with van der Waals surface area (Å²) >= 11 is 1.92. The lowest BCUT2D eigenvalue weighted by molar-refractivity contribution is 0.414. The molecule has 2 aromatic rings. The van der Waals surface area contributed by atoms with Gasteiger partial charge < -0.3 is 0 Å². The molecule has 0 aliphatic carbocycles. The number of benzene rings is 2. The topological polar surface area (TPSA) is 15.6 Å². The zero-order valence-electron chi connectivity index (χ0n) is 10.9. The van der Waals surface area contributed by atoms with E-state index in [1.54, 1.807) is 0 Å². The van der Waals surface area contributed by atoms with Gasteiger partial charge in [0.25, 0.3) is 0 Å².